The normalized spacial score (nSPS) is 16.7. The number of hydrogen-bond donors (Lipinski definition) is 2. The summed E-state index contributed by atoms with van der Waals surface area (Å²) in [6.07, 6.45) is 14.2. The van der Waals surface area contributed by atoms with Gasteiger partial charge in [0.15, 0.2) is 0 Å². The predicted molar refractivity (Wildman–Crippen MR) is 119 cm³/mol. The molecule has 27 heavy (non-hydrogen) atoms. The summed E-state index contributed by atoms with van der Waals surface area (Å²) in [6.45, 7) is 8.53. The Morgan fingerprint density at radius 3 is 2.44 bits per heavy atom. The van der Waals surface area contributed by atoms with Gasteiger partial charge < -0.3 is 11.5 Å². The number of hydrogen-bond acceptors (Lipinski definition) is 2. The Kier molecular flexibility index (Phi) is 7.97. The van der Waals surface area contributed by atoms with Crippen LogP contribution in [0, 0.1) is 0 Å². The summed E-state index contributed by atoms with van der Waals surface area (Å²) in [5.74, 6) is 1.11. The average Bonchev–Trinajstić information content (AvgIpc) is 3.19. The van der Waals surface area contributed by atoms with Crippen LogP contribution < -0.4 is 11.5 Å². The van der Waals surface area contributed by atoms with E-state index in [-0.39, 0.29) is 0 Å². The van der Waals surface area contributed by atoms with Crippen molar-refractivity contribution < 1.29 is 0 Å². The monoisotopic (exact) mass is 364 g/mol. The highest BCUT2D eigenvalue weighted by atomic mass is 14.8. The molecule has 0 radical (unpaired) electrons. The molecule has 0 aliphatic heterocycles. The van der Waals surface area contributed by atoms with E-state index in [2.05, 4.69) is 63.3 Å². The summed E-state index contributed by atoms with van der Waals surface area (Å²) in [4.78, 5) is 0. The number of nitrogens with two attached hydrogens (primary N) is 2. The summed E-state index contributed by atoms with van der Waals surface area (Å²) < 4.78 is 0. The first-order valence-electron chi connectivity index (χ1n) is 10.3. The van der Waals surface area contributed by atoms with E-state index >= 15 is 0 Å². The van der Waals surface area contributed by atoms with Crippen molar-refractivity contribution in [3.05, 3.63) is 76.2 Å². The Bertz CT molecular complexity index is 752. The van der Waals surface area contributed by atoms with Crippen molar-refractivity contribution in [2.45, 2.75) is 72.1 Å². The van der Waals surface area contributed by atoms with Gasteiger partial charge in [-0.15, -0.1) is 0 Å². The SMILES string of the molecule is CCC\C=C/C(=C(\C)c1cccc(C2CCCC2)c1)C(/C)=C/C(C)=C(N)N. The Morgan fingerprint density at radius 2 is 1.81 bits per heavy atom. The van der Waals surface area contributed by atoms with Crippen LogP contribution in [-0.2, 0) is 0 Å². The first-order chi connectivity index (χ1) is 12.9. The van der Waals surface area contributed by atoms with Crippen LogP contribution in [0.2, 0.25) is 0 Å². The first kappa shape index (κ1) is 21.1. The van der Waals surface area contributed by atoms with Crippen molar-refractivity contribution in [3.8, 4) is 0 Å². The van der Waals surface area contributed by atoms with E-state index in [9.17, 15) is 0 Å². The first-order valence-corrected chi connectivity index (χ1v) is 10.3. The maximum atomic E-state index is 5.76. The van der Waals surface area contributed by atoms with E-state index in [1.807, 2.05) is 6.92 Å². The van der Waals surface area contributed by atoms with Gasteiger partial charge in [-0.25, -0.2) is 0 Å². The molecular formula is C25H36N2. The van der Waals surface area contributed by atoms with E-state index in [1.165, 1.54) is 53.5 Å². The molecule has 4 N–H and O–H groups in total. The van der Waals surface area contributed by atoms with E-state index in [1.54, 1.807) is 0 Å². The van der Waals surface area contributed by atoms with Crippen LogP contribution in [0.1, 0.15) is 83.3 Å². The summed E-state index contributed by atoms with van der Waals surface area (Å²) in [5, 5.41) is 0. The molecule has 1 aromatic carbocycles. The predicted octanol–water partition coefficient (Wildman–Crippen LogP) is 6.57. The molecule has 0 saturated heterocycles. The van der Waals surface area contributed by atoms with E-state index in [4.69, 9.17) is 11.5 Å². The fraction of sp³-hybridized carbons (Fsp3) is 0.440. The molecule has 1 aromatic rings. The number of allylic oxidation sites excluding steroid dienone is 7. The van der Waals surface area contributed by atoms with Crippen LogP contribution in [0.5, 0.6) is 0 Å². The van der Waals surface area contributed by atoms with Gasteiger partial charge in [0.2, 0.25) is 0 Å². The lowest BCUT2D eigenvalue weighted by molar-refractivity contribution is 0.723. The molecule has 1 aliphatic carbocycles. The molecule has 1 fully saturated rings. The maximum Gasteiger partial charge on any atom is 0.0963 e. The highest BCUT2D eigenvalue weighted by molar-refractivity contribution is 5.74. The quantitative estimate of drug-likeness (QED) is 0.538. The van der Waals surface area contributed by atoms with Crippen LogP contribution in [0.25, 0.3) is 5.57 Å². The second-order valence-electron chi connectivity index (χ2n) is 7.80. The van der Waals surface area contributed by atoms with Crippen molar-refractivity contribution in [2.24, 2.45) is 11.5 Å². The second kappa shape index (κ2) is 10.2. The minimum atomic E-state index is 0.382. The van der Waals surface area contributed by atoms with Crippen molar-refractivity contribution in [1.29, 1.82) is 0 Å². The van der Waals surface area contributed by atoms with E-state index < -0.39 is 0 Å². The molecule has 0 amide bonds. The fourth-order valence-corrected chi connectivity index (χ4v) is 3.85. The van der Waals surface area contributed by atoms with Crippen molar-refractivity contribution >= 4 is 5.57 Å². The largest absolute Gasteiger partial charge is 0.385 e. The molecular weight excluding hydrogens is 328 g/mol. The minimum absolute atomic E-state index is 0.382. The standard InChI is InChI=1S/C25H36N2/c1-5-6-7-15-24(18(2)16-19(3)25(26)27)20(4)22-13-10-14-23(17-22)21-11-8-9-12-21/h7,10,13-17,21H,5-6,8-9,11-12,26-27H2,1-4H3/b15-7-,18-16+,24-20-. The molecule has 0 bridgehead atoms. The summed E-state index contributed by atoms with van der Waals surface area (Å²) in [6, 6.07) is 9.13. The van der Waals surface area contributed by atoms with Gasteiger partial charge in [0, 0.05) is 0 Å². The van der Waals surface area contributed by atoms with E-state index in [0.29, 0.717) is 5.82 Å². The number of benzene rings is 1. The molecule has 2 heteroatoms. The van der Waals surface area contributed by atoms with Gasteiger partial charge in [-0.1, -0.05) is 68.7 Å². The van der Waals surface area contributed by atoms with Gasteiger partial charge in [-0.2, -0.15) is 0 Å². The molecule has 0 aromatic heterocycles. The lowest BCUT2D eigenvalue weighted by atomic mass is 9.90. The Labute approximate surface area is 165 Å². The maximum absolute atomic E-state index is 5.76. The molecule has 2 rings (SSSR count). The van der Waals surface area contributed by atoms with Crippen LogP contribution >= 0.6 is 0 Å². The average molecular weight is 365 g/mol. The van der Waals surface area contributed by atoms with Gasteiger partial charge >= 0.3 is 0 Å². The van der Waals surface area contributed by atoms with Gasteiger partial charge in [0.1, 0.15) is 0 Å². The zero-order chi connectivity index (χ0) is 19.8. The Balaban J connectivity index is 2.46. The van der Waals surface area contributed by atoms with Gasteiger partial charge in [0.25, 0.3) is 0 Å². The molecule has 1 aliphatic rings. The zero-order valence-electron chi connectivity index (χ0n) is 17.5. The topological polar surface area (TPSA) is 52.0 Å². The molecule has 146 valence electrons. The minimum Gasteiger partial charge on any atom is -0.385 e. The summed E-state index contributed by atoms with van der Waals surface area (Å²) in [5.41, 5.74) is 19.0. The molecule has 2 nitrogen and oxygen atoms in total. The molecule has 0 spiro atoms. The molecule has 0 unspecified atom stereocenters. The van der Waals surface area contributed by atoms with Crippen molar-refractivity contribution in [2.75, 3.05) is 0 Å². The molecule has 0 atom stereocenters. The summed E-state index contributed by atoms with van der Waals surface area (Å²) in [7, 11) is 0. The Morgan fingerprint density at radius 1 is 1.11 bits per heavy atom. The Hall–Kier alpha value is -2.22. The van der Waals surface area contributed by atoms with Gasteiger partial charge in [0.05, 0.1) is 5.82 Å². The lowest BCUT2D eigenvalue weighted by Crippen LogP contribution is -2.10. The second-order valence-corrected chi connectivity index (χ2v) is 7.80. The van der Waals surface area contributed by atoms with Gasteiger partial charge in [-0.05, 0) is 79.4 Å². The van der Waals surface area contributed by atoms with Crippen LogP contribution in [-0.4, -0.2) is 0 Å². The number of rotatable bonds is 7. The van der Waals surface area contributed by atoms with Crippen molar-refractivity contribution in [1.82, 2.24) is 0 Å². The fourth-order valence-electron chi connectivity index (χ4n) is 3.85. The third-order valence-corrected chi connectivity index (χ3v) is 5.60. The van der Waals surface area contributed by atoms with Crippen LogP contribution in [0.4, 0.5) is 0 Å². The highest BCUT2D eigenvalue weighted by Gasteiger charge is 2.17. The lowest BCUT2D eigenvalue weighted by Gasteiger charge is -2.15. The molecule has 1 saturated carbocycles. The summed E-state index contributed by atoms with van der Waals surface area (Å²) >= 11 is 0. The zero-order valence-corrected chi connectivity index (χ0v) is 17.5. The third kappa shape index (κ3) is 5.89. The molecule has 0 heterocycles. The van der Waals surface area contributed by atoms with Crippen molar-refractivity contribution in [3.63, 3.8) is 0 Å². The van der Waals surface area contributed by atoms with Gasteiger partial charge in [-0.3, -0.25) is 0 Å². The smallest absolute Gasteiger partial charge is 0.0963 e. The van der Waals surface area contributed by atoms with Crippen LogP contribution in [0.3, 0.4) is 0 Å². The van der Waals surface area contributed by atoms with E-state index in [0.717, 1.165) is 24.3 Å². The third-order valence-electron chi connectivity index (χ3n) is 5.60. The number of unbranched alkanes of at least 4 members (excludes halogenated alkanes) is 1. The highest BCUT2D eigenvalue weighted by Crippen LogP contribution is 2.35. The van der Waals surface area contributed by atoms with Crippen LogP contribution in [0.15, 0.2) is 65.0 Å².